The van der Waals surface area contributed by atoms with Gasteiger partial charge in [-0.05, 0) is 36.2 Å². The van der Waals surface area contributed by atoms with Gasteiger partial charge in [0.15, 0.2) is 5.78 Å². The molecule has 0 saturated heterocycles. The van der Waals surface area contributed by atoms with Crippen LogP contribution in [0.5, 0.6) is 5.75 Å². The van der Waals surface area contributed by atoms with Crippen LogP contribution in [0.25, 0.3) is 10.9 Å². The zero-order valence-corrected chi connectivity index (χ0v) is 16.6. The molecule has 0 unspecified atom stereocenters. The van der Waals surface area contributed by atoms with Crippen LogP contribution in [-0.2, 0) is 12.8 Å². The van der Waals surface area contributed by atoms with Crippen LogP contribution in [0.4, 0.5) is 5.95 Å². The number of carbonyl (C=O) groups is 1. The second kappa shape index (κ2) is 8.65. The topological polar surface area (TPSA) is 104 Å². The number of methoxy groups -OCH3 is 1. The zero-order valence-electron chi connectivity index (χ0n) is 16.6. The molecule has 7 heteroatoms. The van der Waals surface area contributed by atoms with E-state index in [9.17, 15) is 4.79 Å². The maximum absolute atomic E-state index is 12.9. The van der Waals surface area contributed by atoms with Crippen LogP contribution in [0.1, 0.15) is 33.9 Å². The van der Waals surface area contributed by atoms with E-state index >= 15 is 0 Å². The first-order chi connectivity index (χ1) is 14.6. The molecule has 0 amide bonds. The van der Waals surface area contributed by atoms with Crippen LogP contribution in [-0.4, -0.2) is 32.8 Å². The molecule has 0 saturated carbocycles. The lowest BCUT2D eigenvalue weighted by Gasteiger charge is -2.09. The van der Waals surface area contributed by atoms with Gasteiger partial charge in [-0.1, -0.05) is 24.3 Å². The highest BCUT2D eigenvalue weighted by Gasteiger charge is 2.16. The monoisotopic (exact) mass is 399 g/mol. The van der Waals surface area contributed by atoms with Crippen LogP contribution in [0, 0.1) is 0 Å². The number of aryl methyl sites for hydroxylation is 1. The Labute approximate surface area is 174 Å². The summed E-state index contributed by atoms with van der Waals surface area (Å²) in [5.74, 6) is 0.495. The van der Waals surface area contributed by atoms with Gasteiger partial charge in [-0.15, -0.1) is 0 Å². The zero-order chi connectivity index (χ0) is 20.9. The number of Topliss-reactive ketones (excluding diaryl/α,β-unsaturated/α-hetero) is 1. The van der Waals surface area contributed by atoms with E-state index in [1.807, 2.05) is 36.5 Å². The summed E-state index contributed by atoms with van der Waals surface area (Å²) in [6.45, 7) is 0. The average molecular weight is 399 g/mol. The van der Waals surface area contributed by atoms with Gasteiger partial charge in [0.25, 0.3) is 0 Å². The lowest BCUT2D eigenvalue weighted by atomic mass is 10.0. The number of para-hydroxylation sites is 1. The number of hydrogen-bond donors (Lipinski definition) is 1. The third-order valence-corrected chi connectivity index (χ3v) is 4.77. The van der Waals surface area contributed by atoms with Crippen molar-refractivity contribution in [1.82, 2.24) is 19.9 Å². The molecule has 0 radical (unpaired) electrons. The molecule has 3 aromatic heterocycles. The largest absolute Gasteiger partial charge is 0.494 e. The molecule has 30 heavy (non-hydrogen) atoms. The first-order valence-corrected chi connectivity index (χ1v) is 9.61. The van der Waals surface area contributed by atoms with Crippen LogP contribution in [0.3, 0.4) is 0 Å². The first kappa shape index (κ1) is 19.4. The molecular weight excluding hydrogens is 378 g/mol. The van der Waals surface area contributed by atoms with E-state index in [0.717, 1.165) is 17.0 Å². The second-order valence-electron chi connectivity index (χ2n) is 6.87. The normalized spacial score (nSPS) is 10.8. The van der Waals surface area contributed by atoms with Gasteiger partial charge in [-0.3, -0.25) is 14.8 Å². The molecule has 0 aliphatic carbocycles. The second-order valence-corrected chi connectivity index (χ2v) is 6.87. The van der Waals surface area contributed by atoms with Crippen molar-refractivity contribution >= 4 is 22.6 Å². The van der Waals surface area contributed by atoms with E-state index in [-0.39, 0.29) is 18.2 Å². The number of nitrogens with two attached hydrogens (primary N) is 1. The Morgan fingerprint density at radius 2 is 1.83 bits per heavy atom. The number of ether oxygens (including phenoxy) is 1. The Morgan fingerprint density at radius 1 is 1.00 bits per heavy atom. The third-order valence-electron chi connectivity index (χ3n) is 4.77. The van der Waals surface area contributed by atoms with Crippen LogP contribution in [0.15, 0.2) is 60.9 Å². The Hall–Kier alpha value is -3.87. The molecule has 1 aromatic carbocycles. The fourth-order valence-electron chi connectivity index (χ4n) is 3.36. The van der Waals surface area contributed by atoms with Gasteiger partial charge < -0.3 is 10.5 Å². The van der Waals surface area contributed by atoms with Gasteiger partial charge in [-0.25, -0.2) is 9.97 Å². The van der Waals surface area contributed by atoms with Crippen molar-refractivity contribution in [2.75, 3.05) is 12.8 Å². The Bertz CT molecular complexity index is 1190. The van der Waals surface area contributed by atoms with E-state index in [0.29, 0.717) is 35.2 Å². The summed E-state index contributed by atoms with van der Waals surface area (Å²) in [4.78, 5) is 30.2. The van der Waals surface area contributed by atoms with Gasteiger partial charge >= 0.3 is 0 Å². The van der Waals surface area contributed by atoms with Crippen molar-refractivity contribution in [3.05, 3.63) is 83.6 Å². The van der Waals surface area contributed by atoms with E-state index in [2.05, 4.69) is 19.9 Å². The highest BCUT2D eigenvalue weighted by atomic mass is 16.5. The molecule has 4 rings (SSSR count). The Kier molecular flexibility index (Phi) is 5.61. The van der Waals surface area contributed by atoms with Gasteiger partial charge in [0, 0.05) is 42.0 Å². The lowest BCUT2D eigenvalue weighted by molar-refractivity contribution is 0.0979. The number of nitrogens with zero attached hydrogens (tertiary/aromatic N) is 4. The van der Waals surface area contributed by atoms with Crippen molar-refractivity contribution in [3.63, 3.8) is 0 Å². The summed E-state index contributed by atoms with van der Waals surface area (Å²) in [5.41, 5.74) is 9.57. The molecule has 3 heterocycles. The average Bonchev–Trinajstić information content (AvgIpc) is 2.77. The minimum atomic E-state index is -0.109. The lowest BCUT2D eigenvalue weighted by Crippen LogP contribution is -2.09. The van der Waals surface area contributed by atoms with E-state index in [4.69, 9.17) is 10.5 Å². The minimum absolute atomic E-state index is 0.0481. The van der Waals surface area contributed by atoms with Crippen molar-refractivity contribution in [2.45, 2.75) is 19.3 Å². The maximum atomic E-state index is 12.9. The van der Waals surface area contributed by atoms with E-state index < -0.39 is 0 Å². The smallest absolute Gasteiger partial charge is 0.221 e. The predicted molar refractivity (Wildman–Crippen MR) is 114 cm³/mol. The number of nitrogen functional groups attached to an aromatic ring is 1. The van der Waals surface area contributed by atoms with Gasteiger partial charge in [-0.2, -0.15) is 0 Å². The Morgan fingerprint density at radius 3 is 2.63 bits per heavy atom. The number of carbonyl (C=O) groups excluding carboxylic acids is 1. The number of anilines is 1. The van der Waals surface area contributed by atoms with Crippen LogP contribution < -0.4 is 10.5 Å². The predicted octanol–water partition coefficient (Wildman–Crippen LogP) is 3.42. The molecule has 0 spiro atoms. The highest BCUT2D eigenvalue weighted by molar-refractivity contribution is 6.07. The highest BCUT2D eigenvalue weighted by Crippen LogP contribution is 2.26. The van der Waals surface area contributed by atoms with Crippen molar-refractivity contribution < 1.29 is 9.53 Å². The number of rotatable bonds is 7. The molecular formula is C23H21N5O2. The van der Waals surface area contributed by atoms with Crippen molar-refractivity contribution in [2.24, 2.45) is 0 Å². The van der Waals surface area contributed by atoms with E-state index in [1.54, 1.807) is 31.5 Å². The molecule has 7 nitrogen and oxygen atoms in total. The van der Waals surface area contributed by atoms with Gasteiger partial charge in [0.1, 0.15) is 17.0 Å². The maximum Gasteiger partial charge on any atom is 0.221 e. The van der Waals surface area contributed by atoms with Crippen LogP contribution >= 0.6 is 0 Å². The fourth-order valence-corrected chi connectivity index (χ4v) is 3.36. The number of hydrogen-bond acceptors (Lipinski definition) is 7. The quantitative estimate of drug-likeness (QED) is 0.475. The standard InChI is InChI=1S/C23H21N5O2/c1-30-20-9-3-8-18-21(27-23(24)28-22(18)20)19(29)11-10-16-6-2-7-17(26-16)13-15-5-4-12-25-14-15/h2-9,12,14H,10-11,13H2,1H3,(H2,24,27,28). The number of pyridine rings is 2. The summed E-state index contributed by atoms with van der Waals surface area (Å²) in [5, 5.41) is 0.631. The van der Waals surface area contributed by atoms with Gasteiger partial charge in [0.2, 0.25) is 5.95 Å². The molecule has 150 valence electrons. The molecule has 0 aliphatic heterocycles. The van der Waals surface area contributed by atoms with Gasteiger partial charge in [0.05, 0.1) is 7.11 Å². The number of ketones is 1. The van der Waals surface area contributed by atoms with E-state index in [1.165, 1.54) is 0 Å². The first-order valence-electron chi connectivity index (χ1n) is 9.61. The Balaban J connectivity index is 1.52. The molecule has 0 atom stereocenters. The summed E-state index contributed by atoms with van der Waals surface area (Å²) >= 11 is 0. The number of benzene rings is 1. The SMILES string of the molecule is COc1cccc2c(C(=O)CCc3cccc(Cc4cccnc4)n3)nc(N)nc12. The van der Waals surface area contributed by atoms with Crippen LogP contribution in [0.2, 0.25) is 0 Å². The number of fused-ring (bicyclic) bond motifs is 1. The summed E-state index contributed by atoms with van der Waals surface area (Å²) in [6, 6.07) is 15.2. The molecule has 4 aromatic rings. The number of aromatic nitrogens is 4. The fraction of sp³-hybridized carbons (Fsp3) is 0.174. The summed E-state index contributed by atoms with van der Waals surface area (Å²) in [6.07, 6.45) is 5.05. The van der Waals surface area contributed by atoms with Crippen molar-refractivity contribution in [1.29, 1.82) is 0 Å². The van der Waals surface area contributed by atoms with Crippen molar-refractivity contribution in [3.8, 4) is 5.75 Å². The molecule has 0 fully saturated rings. The minimum Gasteiger partial charge on any atom is -0.494 e. The third kappa shape index (κ3) is 4.25. The summed E-state index contributed by atoms with van der Waals surface area (Å²) in [7, 11) is 1.55. The molecule has 0 bridgehead atoms. The summed E-state index contributed by atoms with van der Waals surface area (Å²) < 4.78 is 5.34. The molecule has 0 aliphatic rings. The molecule has 2 N–H and O–H groups in total.